The first-order valence-electron chi connectivity index (χ1n) is 7.12. The van der Waals surface area contributed by atoms with Crippen LogP contribution in [0.15, 0.2) is 12.1 Å². The van der Waals surface area contributed by atoms with Crippen molar-refractivity contribution in [2.45, 2.75) is 39.2 Å². The van der Waals surface area contributed by atoms with E-state index in [0.717, 1.165) is 23.4 Å². The minimum atomic E-state index is -0.409. The Bertz CT molecular complexity index is 706. The zero-order chi connectivity index (χ0) is 14.4. The van der Waals surface area contributed by atoms with Gasteiger partial charge in [-0.2, -0.15) is 0 Å². The van der Waals surface area contributed by atoms with Crippen molar-refractivity contribution in [2.75, 3.05) is 0 Å². The van der Waals surface area contributed by atoms with Gasteiger partial charge in [-0.3, -0.25) is 0 Å². The Labute approximate surface area is 127 Å². The van der Waals surface area contributed by atoms with Crippen molar-refractivity contribution in [3.8, 4) is 0 Å². The third kappa shape index (κ3) is 2.09. The van der Waals surface area contributed by atoms with Crippen LogP contribution in [0.25, 0.3) is 11.0 Å². The van der Waals surface area contributed by atoms with Gasteiger partial charge in [0.2, 0.25) is 0 Å². The summed E-state index contributed by atoms with van der Waals surface area (Å²) in [6, 6.07) is 3.49. The van der Waals surface area contributed by atoms with Gasteiger partial charge in [-0.15, -0.1) is 0 Å². The molecule has 1 aromatic carbocycles. The van der Waals surface area contributed by atoms with Crippen LogP contribution in [0, 0.1) is 22.4 Å². The molecule has 1 heterocycles. The molecule has 3 unspecified atom stereocenters. The van der Waals surface area contributed by atoms with E-state index in [4.69, 9.17) is 23.8 Å². The van der Waals surface area contributed by atoms with Crippen LogP contribution in [0.4, 0.5) is 4.39 Å². The Morgan fingerprint density at radius 1 is 1.45 bits per heavy atom. The SMILES string of the molecule is CCC1CCC(n2c(=S)[nH]c3cc(F)c(Cl)cc32)C1C. The number of H-pyrrole nitrogens is 1. The lowest BCUT2D eigenvalue weighted by Crippen LogP contribution is -2.15. The smallest absolute Gasteiger partial charge is 0.178 e. The summed E-state index contributed by atoms with van der Waals surface area (Å²) in [6.45, 7) is 4.53. The normalized spacial score (nSPS) is 26.5. The molecule has 1 saturated carbocycles. The van der Waals surface area contributed by atoms with Crippen LogP contribution in [0.3, 0.4) is 0 Å². The first-order chi connectivity index (χ1) is 9.52. The number of aromatic nitrogens is 2. The van der Waals surface area contributed by atoms with E-state index in [-0.39, 0.29) is 5.02 Å². The molecule has 0 bridgehead atoms. The Hall–Kier alpha value is -0.870. The summed E-state index contributed by atoms with van der Waals surface area (Å²) in [4.78, 5) is 3.10. The van der Waals surface area contributed by atoms with Gasteiger partial charge in [0, 0.05) is 12.1 Å². The number of hydrogen-bond donors (Lipinski definition) is 1. The number of nitrogens with zero attached hydrogens (tertiary/aromatic N) is 1. The summed E-state index contributed by atoms with van der Waals surface area (Å²) in [7, 11) is 0. The van der Waals surface area contributed by atoms with Crippen molar-refractivity contribution in [1.29, 1.82) is 0 Å². The van der Waals surface area contributed by atoms with E-state index >= 15 is 0 Å². The van der Waals surface area contributed by atoms with Gasteiger partial charge in [-0.05, 0) is 43.0 Å². The largest absolute Gasteiger partial charge is 0.330 e. The quantitative estimate of drug-likeness (QED) is 0.727. The topological polar surface area (TPSA) is 20.7 Å². The van der Waals surface area contributed by atoms with Gasteiger partial charge in [-0.25, -0.2) is 4.39 Å². The molecular weight excluding hydrogens is 295 g/mol. The van der Waals surface area contributed by atoms with Crippen LogP contribution in [-0.2, 0) is 0 Å². The highest BCUT2D eigenvalue weighted by Crippen LogP contribution is 2.43. The lowest BCUT2D eigenvalue weighted by atomic mass is 9.93. The molecule has 1 aliphatic carbocycles. The van der Waals surface area contributed by atoms with E-state index in [2.05, 4.69) is 23.4 Å². The summed E-state index contributed by atoms with van der Waals surface area (Å²) in [5.41, 5.74) is 1.64. The fraction of sp³-hybridized carbons (Fsp3) is 0.533. The Morgan fingerprint density at radius 2 is 2.20 bits per heavy atom. The summed E-state index contributed by atoms with van der Waals surface area (Å²) < 4.78 is 16.4. The molecular formula is C15H18ClFN2S. The summed E-state index contributed by atoms with van der Waals surface area (Å²) in [6.07, 6.45) is 3.55. The van der Waals surface area contributed by atoms with Crippen molar-refractivity contribution in [3.63, 3.8) is 0 Å². The third-order valence-corrected chi connectivity index (χ3v) is 5.39. The van der Waals surface area contributed by atoms with E-state index in [0.29, 0.717) is 16.7 Å². The van der Waals surface area contributed by atoms with Crippen molar-refractivity contribution in [2.24, 2.45) is 11.8 Å². The minimum absolute atomic E-state index is 0.151. The molecule has 3 atom stereocenters. The van der Waals surface area contributed by atoms with E-state index in [1.165, 1.54) is 18.9 Å². The van der Waals surface area contributed by atoms with Gasteiger partial charge < -0.3 is 9.55 Å². The molecule has 0 amide bonds. The second-order valence-electron chi connectivity index (χ2n) is 5.76. The first kappa shape index (κ1) is 14.1. The molecule has 0 saturated heterocycles. The third-order valence-electron chi connectivity index (χ3n) is 4.80. The van der Waals surface area contributed by atoms with E-state index in [1.54, 1.807) is 6.07 Å². The molecule has 0 radical (unpaired) electrons. The number of rotatable bonds is 2. The highest BCUT2D eigenvalue weighted by Gasteiger charge is 2.33. The van der Waals surface area contributed by atoms with Crippen molar-refractivity contribution >= 4 is 34.9 Å². The lowest BCUT2D eigenvalue weighted by molar-refractivity contribution is 0.332. The van der Waals surface area contributed by atoms with Crippen molar-refractivity contribution in [1.82, 2.24) is 9.55 Å². The fourth-order valence-electron chi connectivity index (χ4n) is 3.61. The molecule has 2 nitrogen and oxygen atoms in total. The first-order valence-corrected chi connectivity index (χ1v) is 7.90. The molecule has 20 heavy (non-hydrogen) atoms. The van der Waals surface area contributed by atoms with Crippen LogP contribution >= 0.6 is 23.8 Å². The number of hydrogen-bond acceptors (Lipinski definition) is 1. The Kier molecular flexibility index (Phi) is 3.63. The molecule has 0 spiro atoms. The van der Waals surface area contributed by atoms with Crippen LogP contribution < -0.4 is 0 Å². The molecule has 5 heteroatoms. The monoisotopic (exact) mass is 312 g/mol. The number of halogens is 2. The van der Waals surface area contributed by atoms with Crippen molar-refractivity contribution < 1.29 is 4.39 Å². The molecule has 108 valence electrons. The number of fused-ring (bicyclic) bond motifs is 1. The van der Waals surface area contributed by atoms with Crippen LogP contribution in [-0.4, -0.2) is 9.55 Å². The van der Waals surface area contributed by atoms with Crippen LogP contribution in [0.5, 0.6) is 0 Å². The van der Waals surface area contributed by atoms with E-state index in [9.17, 15) is 4.39 Å². The minimum Gasteiger partial charge on any atom is -0.330 e. The van der Waals surface area contributed by atoms with E-state index < -0.39 is 5.82 Å². The number of nitrogens with one attached hydrogen (secondary N) is 1. The summed E-state index contributed by atoms with van der Waals surface area (Å²) in [5.74, 6) is 0.908. The molecule has 3 rings (SSSR count). The maximum absolute atomic E-state index is 13.6. The van der Waals surface area contributed by atoms with Gasteiger partial charge in [0.15, 0.2) is 4.77 Å². The van der Waals surface area contributed by atoms with Gasteiger partial charge >= 0.3 is 0 Å². The van der Waals surface area contributed by atoms with E-state index in [1.807, 2.05) is 0 Å². The summed E-state index contributed by atoms with van der Waals surface area (Å²) in [5, 5.41) is 0.151. The molecule has 1 fully saturated rings. The highest BCUT2D eigenvalue weighted by atomic mass is 35.5. The molecule has 1 aromatic heterocycles. The lowest BCUT2D eigenvalue weighted by Gasteiger charge is -2.22. The van der Waals surface area contributed by atoms with Gasteiger partial charge in [0.1, 0.15) is 5.82 Å². The predicted molar refractivity (Wildman–Crippen MR) is 83.3 cm³/mol. The highest BCUT2D eigenvalue weighted by molar-refractivity contribution is 7.71. The maximum atomic E-state index is 13.6. The second kappa shape index (κ2) is 5.15. The number of imidazole rings is 1. The zero-order valence-electron chi connectivity index (χ0n) is 11.6. The standard InChI is InChI=1S/C15H18ClFN2S/c1-3-9-4-5-13(8(9)2)19-14-6-10(16)11(17)7-12(14)18-15(19)20/h6-9,13H,3-5H2,1-2H3,(H,18,20). The van der Waals surface area contributed by atoms with Gasteiger partial charge in [-0.1, -0.05) is 31.9 Å². The van der Waals surface area contributed by atoms with Gasteiger partial charge in [0.25, 0.3) is 0 Å². The molecule has 1 aliphatic rings. The Morgan fingerprint density at radius 3 is 2.85 bits per heavy atom. The Balaban J connectivity index is 2.14. The van der Waals surface area contributed by atoms with Gasteiger partial charge in [0.05, 0.1) is 16.1 Å². The maximum Gasteiger partial charge on any atom is 0.178 e. The average molecular weight is 313 g/mol. The van der Waals surface area contributed by atoms with Crippen LogP contribution in [0.1, 0.15) is 39.2 Å². The molecule has 1 N–H and O–H groups in total. The average Bonchev–Trinajstić information content (AvgIpc) is 2.90. The molecule has 0 aliphatic heterocycles. The molecule has 2 aromatic rings. The van der Waals surface area contributed by atoms with Crippen LogP contribution in [0.2, 0.25) is 5.02 Å². The predicted octanol–water partition coefficient (Wildman–Crippen LogP) is 5.49. The fourth-order valence-corrected chi connectivity index (χ4v) is 4.12. The summed E-state index contributed by atoms with van der Waals surface area (Å²) >= 11 is 11.4. The number of aromatic amines is 1. The van der Waals surface area contributed by atoms with Crippen molar-refractivity contribution in [3.05, 3.63) is 27.7 Å². The zero-order valence-corrected chi connectivity index (χ0v) is 13.2. The second-order valence-corrected chi connectivity index (χ2v) is 6.55. The number of benzene rings is 1.